The lowest BCUT2D eigenvalue weighted by molar-refractivity contribution is 0.0580. The lowest BCUT2D eigenvalue weighted by Gasteiger charge is -2.07. The number of aliphatic hydroxyl groups excluding tert-OH is 1. The Bertz CT molecular complexity index is 67.3. The van der Waals surface area contributed by atoms with E-state index in [9.17, 15) is 4.79 Å². The quantitative estimate of drug-likeness (QED) is 0.463. The van der Waals surface area contributed by atoms with E-state index in [2.05, 4.69) is 0 Å². The van der Waals surface area contributed by atoms with Crippen molar-refractivity contribution in [2.45, 2.75) is 12.5 Å². The van der Waals surface area contributed by atoms with Gasteiger partial charge < -0.3 is 10.2 Å². The van der Waals surface area contributed by atoms with Gasteiger partial charge in [0.2, 0.25) is 6.29 Å². The SMILES string of the molecule is CC(O)([C]=O)CO. The Kier molecular flexibility index (Phi) is 1.92. The van der Waals surface area contributed by atoms with Gasteiger partial charge in [0.1, 0.15) is 0 Å². The zero-order valence-corrected chi connectivity index (χ0v) is 4.01. The summed E-state index contributed by atoms with van der Waals surface area (Å²) in [6, 6.07) is 0. The molecule has 41 valence electrons. The maximum absolute atomic E-state index is 9.52. The summed E-state index contributed by atoms with van der Waals surface area (Å²) < 4.78 is 0. The molecule has 0 aromatic rings. The van der Waals surface area contributed by atoms with Gasteiger partial charge in [-0.3, -0.25) is 4.79 Å². The van der Waals surface area contributed by atoms with E-state index in [1.54, 1.807) is 0 Å². The topological polar surface area (TPSA) is 57.5 Å². The molecule has 3 nitrogen and oxygen atoms in total. The van der Waals surface area contributed by atoms with Crippen molar-refractivity contribution in [3.8, 4) is 0 Å². The van der Waals surface area contributed by atoms with Crippen molar-refractivity contribution in [2.75, 3.05) is 6.61 Å². The first-order valence-corrected chi connectivity index (χ1v) is 1.85. The van der Waals surface area contributed by atoms with Crippen LogP contribution in [0.3, 0.4) is 0 Å². The van der Waals surface area contributed by atoms with Crippen molar-refractivity contribution in [1.82, 2.24) is 0 Å². The molecule has 1 atom stereocenters. The summed E-state index contributed by atoms with van der Waals surface area (Å²) in [5.74, 6) is 0. The largest absolute Gasteiger partial charge is 0.393 e. The number of hydrogen-bond donors (Lipinski definition) is 2. The Morgan fingerprint density at radius 3 is 2.29 bits per heavy atom. The van der Waals surface area contributed by atoms with Crippen molar-refractivity contribution in [2.24, 2.45) is 0 Å². The van der Waals surface area contributed by atoms with Crippen LogP contribution in [0.4, 0.5) is 0 Å². The van der Waals surface area contributed by atoms with Gasteiger partial charge in [0.25, 0.3) is 0 Å². The molecule has 1 radical (unpaired) electrons. The zero-order valence-electron chi connectivity index (χ0n) is 4.01. The van der Waals surface area contributed by atoms with E-state index in [4.69, 9.17) is 10.2 Å². The molecule has 7 heavy (non-hydrogen) atoms. The van der Waals surface area contributed by atoms with E-state index < -0.39 is 12.2 Å². The first-order chi connectivity index (χ1) is 3.12. The number of rotatable bonds is 2. The summed E-state index contributed by atoms with van der Waals surface area (Å²) in [5, 5.41) is 16.5. The molecular formula is C4H7O3. The molecule has 2 N–H and O–H groups in total. The Morgan fingerprint density at radius 2 is 2.29 bits per heavy atom. The van der Waals surface area contributed by atoms with Gasteiger partial charge >= 0.3 is 0 Å². The van der Waals surface area contributed by atoms with Crippen LogP contribution in [0.2, 0.25) is 0 Å². The third-order valence-corrected chi connectivity index (χ3v) is 0.528. The molecule has 0 aromatic carbocycles. The average Bonchev–Trinajstić information content (AvgIpc) is 1.68. The molecule has 1 unspecified atom stereocenters. The first kappa shape index (κ1) is 6.59. The molecule has 0 saturated carbocycles. The monoisotopic (exact) mass is 103 g/mol. The molecule has 0 aliphatic heterocycles. The molecule has 3 heteroatoms. The molecule has 0 aliphatic carbocycles. The second-order valence-electron chi connectivity index (χ2n) is 1.53. The Balaban J connectivity index is 3.58. The fraction of sp³-hybridized carbons (Fsp3) is 0.750. The van der Waals surface area contributed by atoms with Crippen LogP contribution in [0, 0.1) is 0 Å². The van der Waals surface area contributed by atoms with Gasteiger partial charge in [0, 0.05) is 0 Å². The second-order valence-corrected chi connectivity index (χ2v) is 1.53. The van der Waals surface area contributed by atoms with Crippen molar-refractivity contribution in [3.63, 3.8) is 0 Å². The van der Waals surface area contributed by atoms with Gasteiger partial charge in [0.05, 0.1) is 6.61 Å². The lowest BCUT2D eigenvalue weighted by Crippen LogP contribution is -2.30. The minimum absolute atomic E-state index is 0.573. The van der Waals surface area contributed by atoms with Crippen LogP contribution in [0.15, 0.2) is 0 Å². The molecule has 0 amide bonds. The van der Waals surface area contributed by atoms with Crippen LogP contribution in [-0.4, -0.2) is 28.7 Å². The summed E-state index contributed by atoms with van der Waals surface area (Å²) in [5.41, 5.74) is -1.67. The summed E-state index contributed by atoms with van der Waals surface area (Å²) in [7, 11) is 0. The van der Waals surface area contributed by atoms with E-state index in [-0.39, 0.29) is 0 Å². The van der Waals surface area contributed by atoms with Gasteiger partial charge in [-0.05, 0) is 6.92 Å². The Morgan fingerprint density at radius 1 is 1.86 bits per heavy atom. The van der Waals surface area contributed by atoms with E-state index >= 15 is 0 Å². The third-order valence-electron chi connectivity index (χ3n) is 0.528. The Labute approximate surface area is 41.6 Å². The van der Waals surface area contributed by atoms with E-state index in [1.165, 1.54) is 13.2 Å². The minimum atomic E-state index is -1.67. The smallest absolute Gasteiger partial charge is 0.235 e. The molecule has 0 heterocycles. The summed E-state index contributed by atoms with van der Waals surface area (Å²) >= 11 is 0. The Hall–Kier alpha value is -0.410. The van der Waals surface area contributed by atoms with Crippen LogP contribution in [0.1, 0.15) is 6.92 Å². The molecule has 0 aromatic heterocycles. The summed E-state index contributed by atoms with van der Waals surface area (Å²) in [6.45, 7) is 0.608. The maximum Gasteiger partial charge on any atom is 0.235 e. The van der Waals surface area contributed by atoms with Gasteiger partial charge in [-0.1, -0.05) is 0 Å². The van der Waals surface area contributed by atoms with Crippen molar-refractivity contribution >= 4 is 6.29 Å². The molecular weight excluding hydrogens is 96.0 g/mol. The fourth-order valence-corrected chi connectivity index (χ4v) is 0.0323. The highest BCUT2D eigenvalue weighted by atomic mass is 16.3. The van der Waals surface area contributed by atoms with Crippen molar-refractivity contribution < 1.29 is 15.0 Å². The van der Waals surface area contributed by atoms with E-state index in [1.807, 2.05) is 0 Å². The highest BCUT2D eigenvalue weighted by molar-refractivity contribution is 5.62. The third kappa shape index (κ3) is 2.31. The van der Waals surface area contributed by atoms with Crippen LogP contribution >= 0.6 is 0 Å². The molecule has 0 fully saturated rings. The van der Waals surface area contributed by atoms with Gasteiger partial charge in [-0.25, -0.2) is 0 Å². The van der Waals surface area contributed by atoms with Crippen LogP contribution < -0.4 is 0 Å². The molecule has 0 aliphatic rings. The van der Waals surface area contributed by atoms with Gasteiger partial charge in [-0.2, -0.15) is 0 Å². The van der Waals surface area contributed by atoms with Crippen LogP contribution in [0.5, 0.6) is 0 Å². The molecule has 0 spiro atoms. The summed E-state index contributed by atoms with van der Waals surface area (Å²) in [4.78, 5) is 9.52. The predicted molar refractivity (Wildman–Crippen MR) is 23.4 cm³/mol. The van der Waals surface area contributed by atoms with Crippen LogP contribution in [-0.2, 0) is 4.79 Å². The highest BCUT2D eigenvalue weighted by Crippen LogP contribution is 1.92. The highest BCUT2D eigenvalue weighted by Gasteiger charge is 2.17. The van der Waals surface area contributed by atoms with E-state index in [0.29, 0.717) is 0 Å². The first-order valence-electron chi connectivity index (χ1n) is 1.85. The number of hydrogen-bond acceptors (Lipinski definition) is 3. The summed E-state index contributed by atoms with van der Waals surface area (Å²) in [6.07, 6.45) is 1.25. The van der Waals surface area contributed by atoms with Crippen molar-refractivity contribution in [1.29, 1.82) is 0 Å². The minimum Gasteiger partial charge on any atom is -0.393 e. The molecule has 0 bridgehead atoms. The van der Waals surface area contributed by atoms with E-state index in [0.717, 1.165) is 0 Å². The second kappa shape index (κ2) is 2.04. The average molecular weight is 103 g/mol. The number of carbonyl (C=O) groups excluding carboxylic acids is 1. The normalized spacial score (nSPS) is 18.1. The zero-order chi connectivity index (χ0) is 5.91. The lowest BCUT2D eigenvalue weighted by atomic mass is 10.2. The van der Waals surface area contributed by atoms with Crippen LogP contribution in [0.25, 0.3) is 0 Å². The molecule has 0 saturated heterocycles. The fourth-order valence-electron chi connectivity index (χ4n) is 0.0323. The predicted octanol–water partition coefficient (Wildman–Crippen LogP) is -1.16. The van der Waals surface area contributed by atoms with Gasteiger partial charge in [-0.15, -0.1) is 0 Å². The van der Waals surface area contributed by atoms with Crippen molar-refractivity contribution in [3.05, 3.63) is 0 Å². The maximum atomic E-state index is 9.52. The molecule has 0 rings (SSSR count). The van der Waals surface area contributed by atoms with Gasteiger partial charge in [0.15, 0.2) is 5.60 Å². The standard InChI is InChI=1S/C4H7O3/c1-4(7,2-5)3-6/h5,7H,2H2,1H3. The number of aliphatic hydroxyl groups is 2.